The average molecular weight is 412 g/mol. The Morgan fingerprint density at radius 2 is 1.97 bits per heavy atom. The lowest BCUT2D eigenvalue weighted by molar-refractivity contribution is -0.138. The van der Waals surface area contributed by atoms with E-state index in [9.17, 15) is 14.4 Å². The topological polar surface area (TPSA) is 92.5 Å². The molecular weight excluding hydrogens is 382 g/mol. The summed E-state index contributed by atoms with van der Waals surface area (Å²) in [5.41, 5.74) is 2.33. The largest absolute Gasteiger partial charge is 0.361 e. The van der Waals surface area contributed by atoms with Crippen molar-refractivity contribution in [3.8, 4) is 0 Å². The molecule has 0 radical (unpaired) electrons. The molecule has 160 valence electrons. The number of likely N-dealkylation sites (tertiary alicyclic amines) is 1. The maximum absolute atomic E-state index is 12.7. The fraction of sp³-hybridized carbons (Fsp3) is 0.478. The number of rotatable bonds is 8. The number of aryl methyl sites for hydroxylation is 1. The molecule has 1 aliphatic rings. The second kappa shape index (κ2) is 9.69. The molecule has 7 nitrogen and oxygen atoms in total. The van der Waals surface area contributed by atoms with Crippen molar-refractivity contribution in [3.05, 3.63) is 52.9 Å². The van der Waals surface area contributed by atoms with Gasteiger partial charge in [0.15, 0.2) is 5.78 Å². The Balaban J connectivity index is 1.53. The molecule has 1 N–H and O–H groups in total. The summed E-state index contributed by atoms with van der Waals surface area (Å²) in [6.45, 7) is 6.77. The Hall–Kier alpha value is -2.96. The molecule has 0 saturated carbocycles. The number of amides is 2. The van der Waals surface area contributed by atoms with Crippen molar-refractivity contribution in [2.75, 3.05) is 6.54 Å². The van der Waals surface area contributed by atoms with Crippen molar-refractivity contribution in [3.63, 3.8) is 0 Å². The lowest BCUT2D eigenvalue weighted by atomic mass is 10.0. The van der Waals surface area contributed by atoms with Crippen molar-refractivity contribution < 1.29 is 18.9 Å². The lowest BCUT2D eigenvalue weighted by Gasteiger charge is -2.23. The van der Waals surface area contributed by atoms with E-state index in [4.69, 9.17) is 4.52 Å². The maximum Gasteiger partial charge on any atom is 0.243 e. The second-order valence-corrected chi connectivity index (χ2v) is 8.29. The molecule has 2 amide bonds. The van der Waals surface area contributed by atoms with Gasteiger partial charge in [0.2, 0.25) is 11.8 Å². The van der Waals surface area contributed by atoms with Crippen LogP contribution in [0.15, 0.2) is 34.9 Å². The van der Waals surface area contributed by atoms with Crippen LogP contribution in [0.5, 0.6) is 0 Å². The summed E-state index contributed by atoms with van der Waals surface area (Å²) in [6, 6.07) is 8.59. The highest BCUT2D eigenvalue weighted by Crippen LogP contribution is 2.19. The fourth-order valence-corrected chi connectivity index (χ4v) is 3.69. The fourth-order valence-electron chi connectivity index (χ4n) is 3.69. The van der Waals surface area contributed by atoms with Crippen molar-refractivity contribution >= 4 is 17.6 Å². The van der Waals surface area contributed by atoms with Crippen LogP contribution in [0.25, 0.3) is 0 Å². The van der Waals surface area contributed by atoms with Gasteiger partial charge in [-0.15, -0.1) is 0 Å². The molecule has 0 aliphatic carbocycles. The lowest BCUT2D eigenvalue weighted by Crippen LogP contribution is -2.46. The Morgan fingerprint density at radius 3 is 2.60 bits per heavy atom. The number of ketones is 1. The first-order valence-electron chi connectivity index (χ1n) is 10.4. The van der Waals surface area contributed by atoms with Crippen LogP contribution in [-0.4, -0.2) is 40.2 Å². The minimum atomic E-state index is -0.464. The smallest absolute Gasteiger partial charge is 0.243 e. The maximum atomic E-state index is 12.7. The van der Waals surface area contributed by atoms with Gasteiger partial charge in [0.1, 0.15) is 11.8 Å². The number of nitrogens with one attached hydrogen (secondary N) is 1. The minimum absolute atomic E-state index is 0.108. The molecular formula is C23H29N3O4. The predicted octanol–water partition coefficient (Wildman–Crippen LogP) is 3.06. The van der Waals surface area contributed by atoms with E-state index in [-0.39, 0.29) is 24.0 Å². The quantitative estimate of drug-likeness (QED) is 0.674. The van der Waals surface area contributed by atoms with Gasteiger partial charge in [-0.3, -0.25) is 14.4 Å². The van der Waals surface area contributed by atoms with Gasteiger partial charge >= 0.3 is 0 Å². The molecule has 1 aromatic heterocycles. The third-order valence-corrected chi connectivity index (χ3v) is 5.21. The highest BCUT2D eigenvalue weighted by molar-refractivity contribution is 5.96. The first kappa shape index (κ1) is 21.7. The van der Waals surface area contributed by atoms with Crippen LogP contribution in [-0.2, 0) is 22.6 Å². The van der Waals surface area contributed by atoms with E-state index in [1.54, 1.807) is 30.0 Å². The number of hydrogen-bond acceptors (Lipinski definition) is 5. The second-order valence-electron chi connectivity index (χ2n) is 8.29. The summed E-state index contributed by atoms with van der Waals surface area (Å²) in [6.07, 6.45) is 2.08. The first-order chi connectivity index (χ1) is 14.3. The molecule has 1 atom stereocenters. The van der Waals surface area contributed by atoms with Crippen LogP contribution >= 0.6 is 0 Å². The van der Waals surface area contributed by atoms with Crippen molar-refractivity contribution in [2.24, 2.45) is 5.92 Å². The zero-order valence-corrected chi connectivity index (χ0v) is 17.8. The Kier molecular flexibility index (Phi) is 7.03. The molecule has 1 unspecified atom stereocenters. The van der Waals surface area contributed by atoms with E-state index in [0.717, 1.165) is 17.7 Å². The average Bonchev–Trinajstić information content (AvgIpc) is 3.35. The van der Waals surface area contributed by atoms with Gasteiger partial charge < -0.3 is 14.7 Å². The Morgan fingerprint density at radius 1 is 1.23 bits per heavy atom. The highest BCUT2D eigenvalue weighted by Gasteiger charge is 2.34. The van der Waals surface area contributed by atoms with Gasteiger partial charge in [-0.1, -0.05) is 43.3 Å². The summed E-state index contributed by atoms with van der Waals surface area (Å²) in [4.78, 5) is 39.1. The highest BCUT2D eigenvalue weighted by atomic mass is 16.5. The number of aromatic nitrogens is 1. The van der Waals surface area contributed by atoms with Gasteiger partial charge in [-0.25, -0.2) is 0 Å². The molecule has 1 saturated heterocycles. The first-order valence-corrected chi connectivity index (χ1v) is 10.4. The number of nitrogens with zero attached hydrogens (tertiary/aromatic N) is 2. The number of carbonyl (C=O) groups is 3. The molecule has 7 heteroatoms. The number of benzene rings is 1. The molecule has 1 aromatic carbocycles. The number of carbonyl (C=O) groups excluding carboxylic acids is 3. The monoisotopic (exact) mass is 411 g/mol. The zero-order chi connectivity index (χ0) is 21.7. The Labute approximate surface area is 176 Å². The zero-order valence-electron chi connectivity index (χ0n) is 17.8. The molecule has 1 aliphatic heterocycles. The van der Waals surface area contributed by atoms with E-state index < -0.39 is 6.04 Å². The normalized spacial score (nSPS) is 16.1. The van der Waals surface area contributed by atoms with Gasteiger partial charge in [0.25, 0.3) is 0 Å². The van der Waals surface area contributed by atoms with Crippen LogP contribution < -0.4 is 5.32 Å². The molecule has 2 heterocycles. The number of Topliss-reactive ketones (excluding diaryl/α,β-unsaturated/α-hetero) is 1. The summed E-state index contributed by atoms with van der Waals surface area (Å²) >= 11 is 0. The molecule has 0 bridgehead atoms. The molecule has 0 spiro atoms. The van der Waals surface area contributed by atoms with E-state index >= 15 is 0 Å². The van der Waals surface area contributed by atoms with Crippen LogP contribution in [0.1, 0.15) is 60.5 Å². The van der Waals surface area contributed by atoms with Gasteiger partial charge in [-0.05, 0) is 31.2 Å². The van der Waals surface area contributed by atoms with Gasteiger partial charge in [0, 0.05) is 31.1 Å². The molecule has 1 fully saturated rings. The predicted molar refractivity (Wildman–Crippen MR) is 112 cm³/mol. The summed E-state index contributed by atoms with van der Waals surface area (Å²) in [5.74, 6) is 0.672. The third kappa shape index (κ3) is 5.55. The Bertz CT molecular complexity index is 901. The van der Waals surface area contributed by atoms with Crippen molar-refractivity contribution in [1.29, 1.82) is 0 Å². The van der Waals surface area contributed by atoms with Gasteiger partial charge in [0.05, 0.1) is 12.1 Å². The minimum Gasteiger partial charge on any atom is -0.361 e. The van der Waals surface area contributed by atoms with Crippen LogP contribution in [0.2, 0.25) is 0 Å². The van der Waals surface area contributed by atoms with Crippen molar-refractivity contribution in [2.45, 2.75) is 59.0 Å². The summed E-state index contributed by atoms with van der Waals surface area (Å²) in [7, 11) is 0. The van der Waals surface area contributed by atoms with Crippen LogP contribution in [0, 0.1) is 12.8 Å². The van der Waals surface area contributed by atoms with Gasteiger partial charge in [-0.2, -0.15) is 0 Å². The van der Waals surface area contributed by atoms with E-state index in [2.05, 4.69) is 10.5 Å². The summed E-state index contributed by atoms with van der Waals surface area (Å²) in [5, 5.41) is 6.72. The summed E-state index contributed by atoms with van der Waals surface area (Å²) < 4.78 is 5.12. The van der Waals surface area contributed by atoms with E-state index in [1.807, 2.05) is 26.0 Å². The van der Waals surface area contributed by atoms with Crippen LogP contribution in [0.4, 0.5) is 0 Å². The van der Waals surface area contributed by atoms with Crippen LogP contribution in [0.3, 0.4) is 0 Å². The molecule has 3 rings (SSSR count). The molecule has 30 heavy (non-hydrogen) atoms. The third-order valence-electron chi connectivity index (χ3n) is 5.21. The van der Waals surface area contributed by atoms with Crippen molar-refractivity contribution in [1.82, 2.24) is 15.4 Å². The molecule has 2 aromatic rings. The standard InChI is InChI=1S/C23H29N3O4/c1-15(2)11-21(27)18-8-6-17(7-9-18)14-24-23(29)20-5-4-10-26(20)22(28)13-19-12-16(3)25-30-19/h6-9,12,15,20H,4-5,10-11,13-14H2,1-3H3,(H,24,29). The van der Waals surface area contributed by atoms with E-state index in [1.165, 1.54) is 0 Å². The SMILES string of the molecule is Cc1cc(CC(=O)N2CCCC2C(=O)NCc2ccc(C(=O)CC(C)C)cc2)on1. The van der Waals surface area contributed by atoms with E-state index in [0.29, 0.717) is 43.2 Å². The number of hydrogen-bond donors (Lipinski definition) is 1.